The normalized spacial score (nSPS) is 20.4. The Hall–Kier alpha value is -2.15. The first-order chi connectivity index (χ1) is 13.0. The van der Waals surface area contributed by atoms with Crippen molar-refractivity contribution >= 4 is 11.1 Å². The molecule has 3 rings (SSSR count). The summed E-state index contributed by atoms with van der Waals surface area (Å²) >= 11 is 0. The van der Waals surface area contributed by atoms with Crippen LogP contribution in [0, 0.1) is 24.2 Å². The second kappa shape index (κ2) is 8.25. The van der Waals surface area contributed by atoms with Crippen molar-refractivity contribution in [2.45, 2.75) is 53.9 Å². The predicted molar refractivity (Wildman–Crippen MR) is 117 cm³/mol. The van der Waals surface area contributed by atoms with Crippen LogP contribution in [0.3, 0.4) is 0 Å². The van der Waals surface area contributed by atoms with Crippen LogP contribution >= 0.6 is 0 Å². The Kier molecular flexibility index (Phi) is 5.99. The first-order valence-corrected chi connectivity index (χ1v) is 10.4. The predicted octanol–water partition coefficient (Wildman–Crippen LogP) is 7.34. The number of pyridine rings is 1. The highest BCUT2D eigenvalue weighted by atomic mass is 14.7. The molecule has 3 unspecified atom stereocenters. The zero-order valence-electron chi connectivity index (χ0n) is 17.5. The van der Waals surface area contributed by atoms with E-state index in [0.29, 0.717) is 11.8 Å². The summed E-state index contributed by atoms with van der Waals surface area (Å²) < 4.78 is 0. The lowest BCUT2D eigenvalue weighted by molar-refractivity contribution is 0.128. The van der Waals surface area contributed by atoms with Crippen molar-refractivity contribution in [1.82, 2.24) is 4.98 Å². The molecule has 0 aliphatic heterocycles. The molecule has 2 aromatic rings. The Morgan fingerprint density at radius 3 is 2.44 bits per heavy atom. The molecule has 0 bridgehead atoms. The molecular weight excluding hydrogens is 326 g/mol. The van der Waals surface area contributed by atoms with Crippen LogP contribution in [0.25, 0.3) is 11.1 Å². The van der Waals surface area contributed by atoms with E-state index in [1.807, 2.05) is 12.3 Å². The highest BCUT2D eigenvalue weighted by molar-refractivity contribution is 5.86. The average Bonchev–Trinajstić information content (AvgIpc) is 2.73. The molecule has 1 aliphatic rings. The van der Waals surface area contributed by atoms with Gasteiger partial charge in [-0.25, -0.2) is 0 Å². The molecule has 0 spiro atoms. The molecule has 142 valence electrons. The van der Waals surface area contributed by atoms with Crippen molar-refractivity contribution in [1.29, 1.82) is 0 Å². The molecular formula is C26H33N. The largest absolute Gasteiger partial charge is 0.257 e. The Morgan fingerprint density at radius 2 is 1.85 bits per heavy atom. The average molecular weight is 360 g/mol. The molecule has 1 aromatic carbocycles. The van der Waals surface area contributed by atoms with Gasteiger partial charge in [0.05, 0.1) is 5.69 Å². The highest BCUT2D eigenvalue weighted by Gasteiger charge is 2.40. The monoisotopic (exact) mass is 359 g/mol. The molecule has 0 saturated carbocycles. The zero-order chi connectivity index (χ0) is 19.4. The number of rotatable bonds is 6. The first kappa shape index (κ1) is 19.6. The van der Waals surface area contributed by atoms with Crippen molar-refractivity contribution in [2.24, 2.45) is 17.3 Å². The highest BCUT2D eigenvalue weighted by Crippen LogP contribution is 2.50. The van der Waals surface area contributed by atoms with Gasteiger partial charge in [-0.15, -0.1) is 0 Å². The van der Waals surface area contributed by atoms with E-state index in [1.165, 1.54) is 35.1 Å². The third-order valence-corrected chi connectivity index (χ3v) is 6.90. The number of aromatic nitrogens is 1. The number of nitrogens with zero attached hydrogens (tertiary/aromatic N) is 1. The summed E-state index contributed by atoms with van der Waals surface area (Å²) in [6, 6.07) is 15.2. The Balaban J connectivity index is 2.07. The topological polar surface area (TPSA) is 12.9 Å². The van der Waals surface area contributed by atoms with Crippen molar-refractivity contribution in [3.05, 3.63) is 77.6 Å². The summed E-state index contributed by atoms with van der Waals surface area (Å²) in [4.78, 5) is 4.73. The van der Waals surface area contributed by atoms with E-state index < -0.39 is 0 Å². The summed E-state index contributed by atoms with van der Waals surface area (Å²) in [5.74, 6) is 1.18. The Morgan fingerprint density at radius 1 is 1.11 bits per heavy atom. The van der Waals surface area contributed by atoms with Crippen LogP contribution in [-0.4, -0.2) is 4.98 Å². The smallest absolute Gasteiger partial charge is 0.0664 e. The molecule has 0 fully saturated rings. The van der Waals surface area contributed by atoms with Gasteiger partial charge in [0, 0.05) is 6.20 Å². The van der Waals surface area contributed by atoms with Crippen molar-refractivity contribution in [3.63, 3.8) is 0 Å². The van der Waals surface area contributed by atoms with E-state index in [2.05, 4.69) is 83.2 Å². The van der Waals surface area contributed by atoms with Crippen molar-refractivity contribution < 1.29 is 0 Å². The summed E-state index contributed by atoms with van der Waals surface area (Å²) in [5.41, 5.74) is 6.73. The fourth-order valence-corrected chi connectivity index (χ4v) is 4.46. The summed E-state index contributed by atoms with van der Waals surface area (Å²) in [6.45, 7) is 11.7. The van der Waals surface area contributed by atoms with E-state index in [4.69, 9.17) is 4.98 Å². The Bertz CT molecular complexity index is 813. The van der Waals surface area contributed by atoms with Gasteiger partial charge in [0.1, 0.15) is 0 Å². The van der Waals surface area contributed by atoms with Gasteiger partial charge in [0.25, 0.3) is 0 Å². The van der Waals surface area contributed by atoms with Gasteiger partial charge >= 0.3 is 0 Å². The van der Waals surface area contributed by atoms with Crippen LogP contribution in [0.5, 0.6) is 0 Å². The molecule has 0 N–H and O–H groups in total. The van der Waals surface area contributed by atoms with E-state index in [-0.39, 0.29) is 5.41 Å². The molecule has 0 saturated heterocycles. The summed E-state index contributed by atoms with van der Waals surface area (Å²) in [5, 5.41) is 0. The van der Waals surface area contributed by atoms with Crippen LogP contribution in [0.1, 0.15) is 63.8 Å². The fraction of sp³-hybridized carbons (Fsp3) is 0.423. The van der Waals surface area contributed by atoms with Crippen LogP contribution in [0.15, 0.2) is 60.8 Å². The standard InChI is InChI=1S/C26H33N/c1-6-20(4)26(5,7-2)24-16-15-22(21-13-11-19(3)12-14-21)18-23(24)25-10-8-9-17-27-25/h8-15,17-18,20,24H,6-7,16H2,1-5H3. The van der Waals surface area contributed by atoms with Gasteiger partial charge in [-0.1, -0.05) is 76.1 Å². The van der Waals surface area contributed by atoms with Crippen molar-refractivity contribution in [2.75, 3.05) is 0 Å². The summed E-state index contributed by atoms with van der Waals surface area (Å²) in [7, 11) is 0. The van der Waals surface area contributed by atoms with E-state index in [1.54, 1.807) is 0 Å². The number of allylic oxidation sites excluding steroid dienone is 4. The van der Waals surface area contributed by atoms with Crippen LogP contribution in [0.4, 0.5) is 0 Å². The minimum Gasteiger partial charge on any atom is -0.257 e. The lowest BCUT2D eigenvalue weighted by atomic mass is 9.60. The lowest BCUT2D eigenvalue weighted by Crippen LogP contribution is -2.35. The lowest BCUT2D eigenvalue weighted by Gasteiger charge is -2.44. The maximum absolute atomic E-state index is 4.73. The fourth-order valence-electron chi connectivity index (χ4n) is 4.46. The van der Waals surface area contributed by atoms with E-state index >= 15 is 0 Å². The SMILES string of the molecule is CCC(C)C(C)(CC)C1CC=C(c2ccc(C)cc2)C=C1c1ccccn1. The number of aryl methyl sites for hydroxylation is 1. The molecule has 1 aromatic heterocycles. The van der Waals surface area contributed by atoms with Gasteiger partial charge in [-0.05, 0) is 71.9 Å². The molecule has 1 heterocycles. The third kappa shape index (κ3) is 3.93. The van der Waals surface area contributed by atoms with Gasteiger partial charge in [-0.2, -0.15) is 0 Å². The second-order valence-electron chi connectivity index (χ2n) is 8.30. The summed E-state index contributed by atoms with van der Waals surface area (Å²) in [6.07, 6.45) is 10.2. The maximum Gasteiger partial charge on any atom is 0.0664 e. The number of hydrogen-bond donors (Lipinski definition) is 0. The molecule has 0 radical (unpaired) electrons. The molecule has 27 heavy (non-hydrogen) atoms. The molecule has 3 atom stereocenters. The van der Waals surface area contributed by atoms with Crippen LogP contribution in [-0.2, 0) is 0 Å². The second-order valence-corrected chi connectivity index (χ2v) is 8.30. The van der Waals surface area contributed by atoms with Gasteiger partial charge < -0.3 is 0 Å². The van der Waals surface area contributed by atoms with Crippen LogP contribution < -0.4 is 0 Å². The van der Waals surface area contributed by atoms with Gasteiger partial charge in [0.15, 0.2) is 0 Å². The van der Waals surface area contributed by atoms with Crippen molar-refractivity contribution in [3.8, 4) is 0 Å². The molecule has 1 heteroatoms. The zero-order valence-corrected chi connectivity index (χ0v) is 17.5. The van der Waals surface area contributed by atoms with Gasteiger partial charge in [-0.3, -0.25) is 4.98 Å². The van der Waals surface area contributed by atoms with E-state index in [9.17, 15) is 0 Å². The van der Waals surface area contributed by atoms with Crippen LogP contribution in [0.2, 0.25) is 0 Å². The Labute approximate surface area is 165 Å². The molecule has 1 nitrogen and oxygen atoms in total. The quantitative estimate of drug-likeness (QED) is 0.526. The first-order valence-electron chi connectivity index (χ1n) is 10.4. The maximum atomic E-state index is 4.73. The molecule has 1 aliphatic carbocycles. The number of hydrogen-bond acceptors (Lipinski definition) is 1. The number of benzene rings is 1. The molecule has 0 amide bonds. The minimum absolute atomic E-state index is 0.271. The third-order valence-electron chi connectivity index (χ3n) is 6.90. The van der Waals surface area contributed by atoms with Gasteiger partial charge in [0.2, 0.25) is 0 Å². The van der Waals surface area contributed by atoms with E-state index in [0.717, 1.165) is 12.1 Å². The minimum atomic E-state index is 0.271.